The Morgan fingerprint density at radius 3 is 2.15 bits per heavy atom. The van der Waals surface area contributed by atoms with E-state index in [1.54, 1.807) is 14.2 Å². The molecule has 27 heavy (non-hydrogen) atoms. The molecule has 0 fully saturated rings. The van der Waals surface area contributed by atoms with E-state index in [-0.39, 0.29) is 0 Å². The fraction of sp³-hybridized carbons (Fsp3) is 0.0909. The van der Waals surface area contributed by atoms with Crippen LogP contribution in [-0.2, 0) is 0 Å². The van der Waals surface area contributed by atoms with E-state index in [1.165, 1.54) is 0 Å². The molecule has 0 unspecified atom stereocenters. The quantitative estimate of drug-likeness (QED) is 0.764. The second-order valence-electron chi connectivity index (χ2n) is 6.01. The lowest BCUT2D eigenvalue weighted by Crippen LogP contribution is -2.19. The average molecular weight is 357 g/mol. The van der Waals surface area contributed by atoms with Crippen LogP contribution in [0.3, 0.4) is 0 Å². The molecule has 1 aliphatic rings. The number of hydrazone groups is 1. The van der Waals surface area contributed by atoms with E-state index in [0.717, 1.165) is 39.6 Å². The summed E-state index contributed by atoms with van der Waals surface area (Å²) in [6, 6.07) is 23.6. The SMILES string of the molecule is COc1ccc(C2=NNC(c3ccccc3)=Nc3ccc(OC)cc32)cc1. The Balaban J connectivity index is 1.85. The van der Waals surface area contributed by atoms with Crippen LogP contribution in [0.5, 0.6) is 11.5 Å². The van der Waals surface area contributed by atoms with Gasteiger partial charge in [-0.25, -0.2) is 4.99 Å². The lowest BCUT2D eigenvalue weighted by atomic mass is 10.0. The minimum absolute atomic E-state index is 0.700. The molecule has 0 bridgehead atoms. The molecule has 3 aromatic carbocycles. The van der Waals surface area contributed by atoms with Gasteiger partial charge in [-0.05, 0) is 42.5 Å². The van der Waals surface area contributed by atoms with Crippen LogP contribution in [0.2, 0.25) is 0 Å². The summed E-state index contributed by atoms with van der Waals surface area (Å²) >= 11 is 0. The molecule has 1 aliphatic heterocycles. The van der Waals surface area contributed by atoms with E-state index in [1.807, 2.05) is 72.8 Å². The zero-order chi connectivity index (χ0) is 18.6. The highest BCUT2D eigenvalue weighted by Gasteiger charge is 2.18. The number of ether oxygens (including phenoxy) is 2. The predicted molar refractivity (Wildman–Crippen MR) is 107 cm³/mol. The minimum atomic E-state index is 0.700. The molecular weight excluding hydrogens is 338 g/mol. The van der Waals surface area contributed by atoms with Gasteiger partial charge in [-0.3, -0.25) is 5.43 Å². The van der Waals surface area contributed by atoms with Gasteiger partial charge in [0.25, 0.3) is 0 Å². The van der Waals surface area contributed by atoms with Gasteiger partial charge in [0.2, 0.25) is 0 Å². The number of nitrogens with one attached hydrogen (secondary N) is 1. The van der Waals surface area contributed by atoms with Gasteiger partial charge in [-0.2, -0.15) is 5.10 Å². The molecule has 4 rings (SSSR count). The zero-order valence-electron chi connectivity index (χ0n) is 15.1. The van der Waals surface area contributed by atoms with Crippen LogP contribution in [0.25, 0.3) is 0 Å². The molecule has 0 aliphatic carbocycles. The smallest absolute Gasteiger partial charge is 0.154 e. The normalized spacial score (nSPS) is 12.8. The predicted octanol–water partition coefficient (Wildman–Crippen LogP) is 4.14. The van der Waals surface area contributed by atoms with E-state index < -0.39 is 0 Å². The lowest BCUT2D eigenvalue weighted by molar-refractivity contribution is 0.414. The molecule has 1 heterocycles. The molecule has 134 valence electrons. The molecule has 0 radical (unpaired) electrons. The van der Waals surface area contributed by atoms with Crippen molar-refractivity contribution in [3.8, 4) is 11.5 Å². The van der Waals surface area contributed by atoms with Gasteiger partial charge in [0.15, 0.2) is 5.84 Å². The molecule has 0 atom stereocenters. The standard InChI is InChI=1S/C22H19N3O2/c1-26-17-10-8-15(9-11-17)21-19-14-18(27-2)12-13-20(19)23-22(25-24-21)16-6-4-3-5-7-16/h3-14H,1-2H3,(H,23,25). The third-order valence-corrected chi connectivity index (χ3v) is 4.38. The number of rotatable bonds is 4. The molecule has 0 spiro atoms. The van der Waals surface area contributed by atoms with E-state index in [2.05, 4.69) is 10.5 Å². The summed E-state index contributed by atoms with van der Waals surface area (Å²) < 4.78 is 10.7. The van der Waals surface area contributed by atoms with Gasteiger partial charge >= 0.3 is 0 Å². The average Bonchev–Trinajstić information content (AvgIpc) is 2.93. The number of methoxy groups -OCH3 is 2. The van der Waals surface area contributed by atoms with Gasteiger partial charge in [-0.1, -0.05) is 30.3 Å². The van der Waals surface area contributed by atoms with Crippen molar-refractivity contribution in [2.45, 2.75) is 0 Å². The number of nitrogens with zero attached hydrogens (tertiary/aromatic N) is 2. The highest BCUT2D eigenvalue weighted by atomic mass is 16.5. The van der Waals surface area contributed by atoms with E-state index in [9.17, 15) is 0 Å². The maximum absolute atomic E-state index is 5.41. The topological polar surface area (TPSA) is 55.2 Å². The Morgan fingerprint density at radius 1 is 0.741 bits per heavy atom. The number of amidine groups is 1. The Labute approximate surface area is 158 Å². The first-order valence-electron chi connectivity index (χ1n) is 8.59. The fourth-order valence-electron chi connectivity index (χ4n) is 2.94. The van der Waals surface area contributed by atoms with Crippen molar-refractivity contribution in [3.63, 3.8) is 0 Å². The van der Waals surface area contributed by atoms with Gasteiger partial charge in [0.1, 0.15) is 17.2 Å². The number of benzene rings is 3. The highest BCUT2D eigenvalue weighted by molar-refractivity contribution is 6.18. The van der Waals surface area contributed by atoms with Crippen molar-refractivity contribution in [3.05, 3.63) is 89.5 Å². The van der Waals surface area contributed by atoms with Crippen molar-refractivity contribution >= 4 is 17.2 Å². The fourth-order valence-corrected chi connectivity index (χ4v) is 2.94. The van der Waals surface area contributed by atoms with Gasteiger partial charge in [0, 0.05) is 16.7 Å². The highest BCUT2D eigenvalue weighted by Crippen LogP contribution is 2.30. The van der Waals surface area contributed by atoms with Crippen molar-refractivity contribution in [1.29, 1.82) is 0 Å². The van der Waals surface area contributed by atoms with Gasteiger partial charge in [0.05, 0.1) is 19.9 Å². The molecule has 0 saturated carbocycles. The maximum Gasteiger partial charge on any atom is 0.154 e. The van der Waals surface area contributed by atoms with E-state index in [0.29, 0.717) is 5.84 Å². The van der Waals surface area contributed by atoms with E-state index in [4.69, 9.17) is 14.5 Å². The van der Waals surface area contributed by atoms with Crippen LogP contribution in [0.4, 0.5) is 5.69 Å². The van der Waals surface area contributed by atoms with Crippen LogP contribution < -0.4 is 14.9 Å². The first kappa shape index (κ1) is 16.8. The second kappa shape index (κ2) is 7.33. The molecule has 0 aromatic heterocycles. The summed E-state index contributed by atoms with van der Waals surface area (Å²) in [5, 5.41) is 4.66. The summed E-state index contributed by atoms with van der Waals surface area (Å²) in [6.07, 6.45) is 0. The van der Waals surface area contributed by atoms with Crippen molar-refractivity contribution < 1.29 is 9.47 Å². The van der Waals surface area contributed by atoms with Crippen molar-refractivity contribution in [2.75, 3.05) is 14.2 Å². The number of aliphatic imine (C=N–C) groups is 1. The molecule has 5 heteroatoms. The minimum Gasteiger partial charge on any atom is -0.497 e. The monoisotopic (exact) mass is 357 g/mol. The first-order valence-corrected chi connectivity index (χ1v) is 8.59. The van der Waals surface area contributed by atoms with Crippen molar-refractivity contribution in [2.24, 2.45) is 10.1 Å². The Bertz CT molecular complexity index is 1010. The summed E-state index contributed by atoms with van der Waals surface area (Å²) in [5.41, 5.74) is 7.58. The molecule has 0 saturated heterocycles. The van der Waals surface area contributed by atoms with Crippen molar-refractivity contribution in [1.82, 2.24) is 5.43 Å². The maximum atomic E-state index is 5.41. The number of hydrogen-bond acceptors (Lipinski definition) is 5. The summed E-state index contributed by atoms with van der Waals surface area (Å²) in [4.78, 5) is 4.80. The molecule has 5 nitrogen and oxygen atoms in total. The van der Waals surface area contributed by atoms with Crippen LogP contribution in [0, 0.1) is 0 Å². The summed E-state index contributed by atoms with van der Waals surface area (Å²) in [5.74, 6) is 2.26. The summed E-state index contributed by atoms with van der Waals surface area (Å²) in [7, 11) is 3.30. The van der Waals surface area contributed by atoms with Crippen LogP contribution >= 0.6 is 0 Å². The molecule has 0 amide bonds. The third kappa shape index (κ3) is 3.40. The van der Waals surface area contributed by atoms with Gasteiger partial charge in [-0.15, -0.1) is 0 Å². The van der Waals surface area contributed by atoms with Crippen LogP contribution in [0.15, 0.2) is 82.9 Å². The lowest BCUT2D eigenvalue weighted by Gasteiger charge is -2.10. The Hall–Kier alpha value is -3.60. The largest absolute Gasteiger partial charge is 0.497 e. The molecule has 1 N–H and O–H groups in total. The van der Waals surface area contributed by atoms with Crippen LogP contribution in [-0.4, -0.2) is 25.8 Å². The summed E-state index contributed by atoms with van der Waals surface area (Å²) in [6.45, 7) is 0. The first-order chi connectivity index (χ1) is 13.3. The second-order valence-corrected chi connectivity index (χ2v) is 6.01. The van der Waals surface area contributed by atoms with Gasteiger partial charge < -0.3 is 9.47 Å². The third-order valence-electron chi connectivity index (χ3n) is 4.38. The molecule has 3 aromatic rings. The Morgan fingerprint density at radius 2 is 1.44 bits per heavy atom. The molecular formula is C22H19N3O2. The van der Waals surface area contributed by atoms with E-state index >= 15 is 0 Å². The Kier molecular flexibility index (Phi) is 4.58. The zero-order valence-corrected chi connectivity index (χ0v) is 15.1. The van der Waals surface area contributed by atoms with Crippen LogP contribution in [0.1, 0.15) is 16.7 Å². The number of hydrogen-bond donors (Lipinski definition) is 1. The number of fused-ring (bicyclic) bond motifs is 1.